The normalized spacial score (nSPS) is 8.92. The molecule has 1 aromatic rings. The fraction of sp³-hybridized carbons (Fsp3) is 0.333. The van der Waals surface area contributed by atoms with E-state index in [4.69, 9.17) is 0 Å². The van der Waals surface area contributed by atoms with Crippen molar-refractivity contribution in [1.82, 2.24) is 0 Å². The Labute approximate surface area is 74.6 Å². The molecule has 0 bridgehead atoms. The molecule has 62 valence electrons. The highest BCUT2D eigenvalue weighted by Gasteiger charge is 1.97. The van der Waals surface area contributed by atoms with Crippen molar-refractivity contribution < 1.29 is 0 Å². The fourth-order valence-corrected chi connectivity index (χ4v) is 1.19. The van der Waals surface area contributed by atoms with Crippen LogP contribution >= 0.6 is 0 Å². The first-order chi connectivity index (χ1) is 5.75. The Hall–Kier alpha value is -1.22. The molecule has 1 aromatic carbocycles. The minimum Gasteiger partial charge on any atom is -0.106 e. The van der Waals surface area contributed by atoms with Gasteiger partial charge in [0.15, 0.2) is 0 Å². The third-order valence-electron chi connectivity index (χ3n) is 2.17. The van der Waals surface area contributed by atoms with E-state index in [1.54, 1.807) is 0 Å². The highest BCUT2D eigenvalue weighted by Crippen LogP contribution is 2.12. The molecule has 0 aromatic heterocycles. The number of benzene rings is 1. The van der Waals surface area contributed by atoms with Crippen molar-refractivity contribution in [1.29, 1.82) is 0 Å². The lowest BCUT2D eigenvalue weighted by Crippen LogP contribution is -1.89. The van der Waals surface area contributed by atoms with Gasteiger partial charge in [-0.2, -0.15) is 0 Å². The van der Waals surface area contributed by atoms with E-state index in [2.05, 4.69) is 43.9 Å². The Morgan fingerprint density at radius 3 is 2.67 bits per heavy atom. The monoisotopic (exact) mass is 158 g/mol. The van der Waals surface area contributed by atoms with Crippen LogP contribution in [0, 0.1) is 25.7 Å². The zero-order valence-corrected chi connectivity index (χ0v) is 7.94. The molecule has 0 saturated heterocycles. The summed E-state index contributed by atoms with van der Waals surface area (Å²) in [4.78, 5) is 0. The predicted molar refractivity (Wildman–Crippen MR) is 53.1 cm³/mol. The summed E-state index contributed by atoms with van der Waals surface area (Å²) in [5, 5.41) is 0. The van der Waals surface area contributed by atoms with Crippen LogP contribution in [-0.4, -0.2) is 0 Å². The van der Waals surface area contributed by atoms with Gasteiger partial charge in [0.1, 0.15) is 0 Å². The van der Waals surface area contributed by atoms with Gasteiger partial charge in [0.25, 0.3) is 0 Å². The standard InChI is InChI=1S/C12H14/c1-4-5-8-12-9-6-7-10(2)11(12)3/h6-7,9H,8H2,1-3H3. The molecule has 0 aliphatic heterocycles. The summed E-state index contributed by atoms with van der Waals surface area (Å²) < 4.78 is 0. The van der Waals surface area contributed by atoms with Crippen LogP contribution < -0.4 is 0 Å². The summed E-state index contributed by atoms with van der Waals surface area (Å²) in [6, 6.07) is 6.37. The van der Waals surface area contributed by atoms with Gasteiger partial charge < -0.3 is 0 Å². The molecule has 1 rings (SSSR count). The molecule has 0 saturated carbocycles. The van der Waals surface area contributed by atoms with E-state index in [1.165, 1.54) is 16.7 Å². The summed E-state index contributed by atoms with van der Waals surface area (Å²) in [6.07, 6.45) is 0.879. The van der Waals surface area contributed by atoms with Crippen LogP contribution in [0.3, 0.4) is 0 Å². The molecule has 0 aliphatic carbocycles. The molecule has 0 fully saturated rings. The Morgan fingerprint density at radius 2 is 2.00 bits per heavy atom. The molecule has 0 heteroatoms. The third-order valence-corrected chi connectivity index (χ3v) is 2.17. The molecule has 0 aliphatic rings. The Kier molecular flexibility index (Phi) is 2.94. The summed E-state index contributed by atoms with van der Waals surface area (Å²) >= 11 is 0. The van der Waals surface area contributed by atoms with Crippen molar-refractivity contribution in [3.8, 4) is 11.8 Å². The SMILES string of the molecule is CC#CCc1cccc(C)c1C. The van der Waals surface area contributed by atoms with Crippen molar-refractivity contribution in [2.45, 2.75) is 27.2 Å². The fourth-order valence-electron chi connectivity index (χ4n) is 1.19. The number of hydrogen-bond acceptors (Lipinski definition) is 0. The van der Waals surface area contributed by atoms with Gasteiger partial charge in [0.2, 0.25) is 0 Å². The molecule has 0 atom stereocenters. The Balaban J connectivity index is 2.97. The average Bonchev–Trinajstić information content (AvgIpc) is 2.08. The topological polar surface area (TPSA) is 0 Å². The van der Waals surface area contributed by atoms with Crippen LogP contribution in [0.5, 0.6) is 0 Å². The van der Waals surface area contributed by atoms with E-state index in [-0.39, 0.29) is 0 Å². The molecule has 0 radical (unpaired) electrons. The highest BCUT2D eigenvalue weighted by molar-refractivity contribution is 5.35. The molecule has 0 unspecified atom stereocenters. The number of rotatable bonds is 1. The first-order valence-corrected chi connectivity index (χ1v) is 4.20. The quantitative estimate of drug-likeness (QED) is 0.551. The molecule has 0 amide bonds. The van der Waals surface area contributed by atoms with Crippen LogP contribution in [0.1, 0.15) is 23.6 Å². The lowest BCUT2D eigenvalue weighted by Gasteiger charge is -2.04. The largest absolute Gasteiger partial charge is 0.106 e. The lowest BCUT2D eigenvalue weighted by molar-refractivity contribution is 1.20. The van der Waals surface area contributed by atoms with Crippen LogP contribution in [0.2, 0.25) is 0 Å². The van der Waals surface area contributed by atoms with Gasteiger partial charge >= 0.3 is 0 Å². The van der Waals surface area contributed by atoms with Crippen LogP contribution in [0.4, 0.5) is 0 Å². The third kappa shape index (κ3) is 1.89. The summed E-state index contributed by atoms with van der Waals surface area (Å²) in [5.74, 6) is 6.00. The van der Waals surface area contributed by atoms with Crippen molar-refractivity contribution in [2.24, 2.45) is 0 Å². The first kappa shape index (κ1) is 8.87. The van der Waals surface area contributed by atoms with E-state index < -0.39 is 0 Å². The predicted octanol–water partition coefficient (Wildman–Crippen LogP) is 2.87. The lowest BCUT2D eigenvalue weighted by atomic mass is 10.0. The Bertz CT molecular complexity index is 324. The van der Waals surface area contributed by atoms with E-state index in [0.29, 0.717) is 0 Å². The van der Waals surface area contributed by atoms with Gasteiger partial charge in [-0.25, -0.2) is 0 Å². The zero-order valence-electron chi connectivity index (χ0n) is 7.94. The van der Waals surface area contributed by atoms with Crippen molar-refractivity contribution in [3.63, 3.8) is 0 Å². The summed E-state index contributed by atoms with van der Waals surface area (Å²) in [5.41, 5.74) is 4.08. The molecular formula is C12H14. The molecular weight excluding hydrogens is 144 g/mol. The van der Waals surface area contributed by atoms with Crippen molar-refractivity contribution in [3.05, 3.63) is 34.9 Å². The van der Waals surface area contributed by atoms with Gasteiger partial charge in [0.05, 0.1) is 0 Å². The smallest absolute Gasteiger partial charge is 0.0342 e. The zero-order chi connectivity index (χ0) is 8.97. The first-order valence-electron chi connectivity index (χ1n) is 4.20. The van der Waals surface area contributed by atoms with Gasteiger partial charge in [-0.3, -0.25) is 0 Å². The van der Waals surface area contributed by atoms with Crippen LogP contribution in [0.25, 0.3) is 0 Å². The van der Waals surface area contributed by atoms with Crippen molar-refractivity contribution in [2.75, 3.05) is 0 Å². The number of hydrogen-bond donors (Lipinski definition) is 0. The maximum atomic E-state index is 3.08. The second kappa shape index (κ2) is 3.97. The molecule has 0 spiro atoms. The van der Waals surface area contributed by atoms with Gasteiger partial charge in [-0.05, 0) is 37.5 Å². The van der Waals surface area contributed by atoms with Crippen molar-refractivity contribution >= 4 is 0 Å². The highest BCUT2D eigenvalue weighted by atomic mass is 14.0. The summed E-state index contributed by atoms with van der Waals surface area (Å²) in [6.45, 7) is 6.17. The van der Waals surface area contributed by atoms with Gasteiger partial charge in [-0.15, -0.1) is 5.92 Å². The van der Waals surface area contributed by atoms with E-state index in [0.717, 1.165) is 6.42 Å². The molecule has 12 heavy (non-hydrogen) atoms. The second-order valence-corrected chi connectivity index (χ2v) is 2.96. The van der Waals surface area contributed by atoms with Crippen LogP contribution in [-0.2, 0) is 6.42 Å². The molecule has 0 heterocycles. The average molecular weight is 158 g/mol. The Morgan fingerprint density at radius 1 is 1.25 bits per heavy atom. The summed E-state index contributed by atoms with van der Waals surface area (Å²) in [7, 11) is 0. The maximum absolute atomic E-state index is 3.08. The second-order valence-electron chi connectivity index (χ2n) is 2.96. The van der Waals surface area contributed by atoms with E-state index in [1.807, 2.05) is 6.92 Å². The number of aryl methyl sites for hydroxylation is 1. The van der Waals surface area contributed by atoms with E-state index in [9.17, 15) is 0 Å². The minimum absolute atomic E-state index is 0.879. The van der Waals surface area contributed by atoms with Crippen LogP contribution in [0.15, 0.2) is 18.2 Å². The van der Waals surface area contributed by atoms with E-state index >= 15 is 0 Å². The molecule has 0 N–H and O–H groups in total. The molecule has 0 nitrogen and oxygen atoms in total. The maximum Gasteiger partial charge on any atom is 0.0342 e. The van der Waals surface area contributed by atoms with Gasteiger partial charge in [-0.1, -0.05) is 24.1 Å². The van der Waals surface area contributed by atoms with Gasteiger partial charge in [0, 0.05) is 6.42 Å². The minimum atomic E-state index is 0.879.